The molecule has 0 bridgehead atoms. The van der Waals surface area contributed by atoms with Crippen LogP contribution in [0.4, 0.5) is 5.69 Å². The summed E-state index contributed by atoms with van der Waals surface area (Å²) in [6.07, 6.45) is -0.0208. The quantitative estimate of drug-likeness (QED) is 0.583. The van der Waals surface area contributed by atoms with E-state index in [0.29, 0.717) is 10.6 Å². The Bertz CT molecular complexity index is 677. The Morgan fingerprint density at radius 3 is 2.65 bits per heavy atom. The molecule has 1 aromatic heterocycles. The smallest absolute Gasteiger partial charge is 0.306 e. The van der Waals surface area contributed by atoms with E-state index in [4.69, 9.17) is 5.11 Å². The molecule has 0 spiro atoms. The van der Waals surface area contributed by atoms with Crippen molar-refractivity contribution in [2.45, 2.75) is 13.3 Å². The molecule has 1 heterocycles. The number of aromatic hydroxyl groups is 1. The van der Waals surface area contributed by atoms with Crippen molar-refractivity contribution in [1.82, 2.24) is 0 Å². The highest BCUT2D eigenvalue weighted by atomic mass is 32.1. The highest BCUT2D eigenvalue weighted by molar-refractivity contribution is 7.20. The number of carboxylic acid groups (broad SMARTS) is 1. The van der Waals surface area contributed by atoms with E-state index in [0.717, 1.165) is 10.1 Å². The molecule has 0 aliphatic heterocycles. The molecule has 0 saturated heterocycles. The molecule has 0 radical (unpaired) electrons. The van der Waals surface area contributed by atoms with Gasteiger partial charge in [-0.25, -0.2) is 0 Å². The van der Waals surface area contributed by atoms with E-state index in [1.807, 2.05) is 0 Å². The van der Waals surface area contributed by atoms with Crippen molar-refractivity contribution in [2.75, 3.05) is 12.4 Å². The lowest BCUT2D eigenvalue weighted by Crippen LogP contribution is -2.13. The van der Waals surface area contributed by atoms with Gasteiger partial charge in [0, 0.05) is 18.2 Å². The summed E-state index contributed by atoms with van der Waals surface area (Å²) in [5, 5.41) is 22.2. The van der Waals surface area contributed by atoms with Crippen LogP contribution in [0, 0.1) is 5.92 Å². The van der Waals surface area contributed by atoms with Crippen LogP contribution >= 0.6 is 11.3 Å². The molecule has 0 aliphatic carbocycles. The number of benzene rings is 1. The lowest BCUT2D eigenvalue weighted by atomic mass is 10.0. The minimum atomic E-state index is -0.977. The first-order valence-electron chi connectivity index (χ1n) is 6.12. The van der Waals surface area contributed by atoms with Gasteiger partial charge in [-0.15, -0.1) is 11.3 Å². The highest BCUT2D eigenvalue weighted by Crippen LogP contribution is 2.34. The molecule has 6 heteroatoms. The van der Waals surface area contributed by atoms with E-state index in [2.05, 4.69) is 5.32 Å². The number of thiophene rings is 1. The van der Waals surface area contributed by atoms with Gasteiger partial charge in [-0.2, -0.15) is 0 Å². The van der Waals surface area contributed by atoms with Crippen LogP contribution in [0.15, 0.2) is 18.2 Å². The number of carbonyl (C=O) groups excluding carboxylic acids is 1. The number of phenolic OH excluding ortho intramolecular Hbond substituents is 1. The van der Waals surface area contributed by atoms with Gasteiger partial charge in [-0.05, 0) is 23.6 Å². The Labute approximate surface area is 119 Å². The van der Waals surface area contributed by atoms with Gasteiger partial charge in [0.1, 0.15) is 5.75 Å². The summed E-state index contributed by atoms with van der Waals surface area (Å²) in [4.78, 5) is 23.3. The second-order valence-electron chi connectivity index (χ2n) is 4.63. The van der Waals surface area contributed by atoms with E-state index in [1.165, 1.54) is 18.3 Å². The van der Waals surface area contributed by atoms with Crippen molar-refractivity contribution in [3.05, 3.63) is 23.1 Å². The number of aliphatic carboxylic acids is 1. The number of anilines is 1. The van der Waals surface area contributed by atoms with E-state index in [-0.39, 0.29) is 18.0 Å². The summed E-state index contributed by atoms with van der Waals surface area (Å²) >= 11 is 1.30. The zero-order chi connectivity index (χ0) is 14.9. The molecule has 1 aromatic carbocycles. The van der Waals surface area contributed by atoms with Crippen LogP contribution in [-0.2, 0) is 4.79 Å². The normalized spacial score (nSPS) is 12.3. The van der Waals surface area contributed by atoms with Crippen LogP contribution < -0.4 is 5.32 Å². The molecule has 106 valence electrons. The van der Waals surface area contributed by atoms with Crippen molar-refractivity contribution in [3.63, 3.8) is 0 Å². The fraction of sp³-hybridized carbons (Fsp3) is 0.286. The number of ketones is 1. The first-order valence-corrected chi connectivity index (χ1v) is 6.94. The molecule has 2 aromatic rings. The number of hydrogen-bond donors (Lipinski definition) is 3. The lowest BCUT2D eigenvalue weighted by molar-refractivity contribution is -0.141. The van der Waals surface area contributed by atoms with Gasteiger partial charge in [-0.1, -0.05) is 6.92 Å². The molecule has 3 N–H and O–H groups in total. The van der Waals surface area contributed by atoms with Gasteiger partial charge in [0.15, 0.2) is 5.78 Å². The van der Waals surface area contributed by atoms with Crippen LogP contribution in [0.1, 0.15) is 23.0 Å². The topological polar surface area (TPSA) is 86.6 Å². The van der Waals surface area contributed by atoms with Gasteiger partial charge < -0.3 is 15.5 Å². The van der Waals surface area contributed by atoms with Crippen molar-refractivity contribution in [2.24, 2.45) is 5.92 Å². The monoisotopic (exact) mass is 293 g/mol. The predicted molar refractivity (Wildman–Crippen MR) is 78.8 cm³/mol. The second kappa shape index (κ2) is 5.50. The highest BCUT2D eigenvalue weighted by Gasteiger charge is 2.19. The number of Topliss-reactive ketones (excluding diaryl/α,β-unsaturated/α-hetero) is 1. The molecule has 0 unspecified atom stereocenters. The summed E-state index contributed by atoms with van der Waals surface area (Å²) in [6, 6.07) is 5.05. The maximum absolute atomic E-state index is 12.0. The average Bonchev–Trinajstić information content (AvgIpc) is 2.80. The largest absolute Gasteiger partial charge is 0.506 e. The Balaban J connectivity index is 2.32. The van der Waals surface area contributed by atoms with Crippen LogP contribution in [0.25, 0.3) is 10.1 Å². The minimum Gasteiger partial charge on any atom is -0.506 e. The number of phenols is 1. The maximum Gasteiger partial charge on any atom is 0.306 e. The fourth-order valence-electron chi connectivity index (χ4n) is 1.88. The first-order chi connectivity index (χ1) is 9.42. The average molecular weight is 293 g/mol. The molecular weight excluding hydrogens is 278 g/mol. The number of nitrogens with one attached hydrogen (secondary N) is 1. The zero-order valence-corrected chi connectivity index (χ0v) is 12.0. The second-order valence-corrected chi connectivity index (χ2v) is 5.72. The third-order valence-electron chi connectivity index (χ3n) is 3.09. The summed E-state index contributed by atoms with van der Waals surface area (Å²) < 4.78 is 0.874. The van der Waals surface area contributed by atoms with Gasteiger partial charge >= 0.3 is 5.97 Å². The van der Waals surface area contributed by atoms with Crippen LogP contribution in [0.2, 0.25) is 0 Å². The molecular formula is C14H15NO4S. The Morgan fingerprint density at radius 1 is 1.35 bits per heavy atom. The van der Waals surface area contributed by atoms with E-state index >= 15 is 0 Å². The number of fused-ring (bicyclic) bond motifs is 1. The maximum atomic E-state index is 12.0. The van der Waals surface area contributed by atoms with Crippen molar-refractivity contribution >= 4 is 38.9 Å². The molecule has 1 atom stereocenters. The number of carboxylic acids is 1. The first kappa shape index (κ1) is 14.3. The summed E-state index contributed by atoms with van der Waals surface area (Å²) in [5.74, 6) is -1.74. The molecule has 2 rings (SSSR count). The Kier molecular flexibility index (Phi) is 3.94. The molecule has 0 fully saturated rings. The van der Waals surface area contributed by atoms with E-state index in [9.17, 15) is 14.7 Å². The number of carbonyl (C=O) groups is 2. The Hall–Kier alpha value is -2.08. The zero-order valence-electron chi connectivity index (χ0n) is 11.1. The summed E-state index contributed by atoms with van der Waals surface area (Å²) in [6.45, 7) is 1.51. The van der Waals surface area contributed by atoms with Crippen molar-refractivity contribution < 1.29 is 19.8 Å². The molecule has 0 amide bonds. The summed E-state index contributed by atoms with van der Waals surface area (Å²) in [5.41, 5.74) is 0.595. The number of hydrogen-bond acceptors (Lipinski definition) is 5. The van der Waals surface area contributed by atoms with Gasteiger partial charge in [0.2, 0.25) is 0 Å². The van der Waals surface area contributed by atoms with Crippen LogP contribution in [-0.4, -0.2) is 29.0 Å². The van der Waals surface area contributed by atoms with E-state index in [1.54, 1.807) is 25.2 Å². The molecule has 20 heavy (non-hydrogen) atoms. The van der Waals surface area contributed by atoms with Gasteiger partial charge in [0.25, 0.3) is 0 Å². The molecule has 5 nitrogen and oxygen atoms in total. The summed E-state index contributed by atoms with van der Waals surface area (Å²) in [7, 11) is 1.70. The van der Waals surface area contributed by atoms with Crippen molar-refractivity contribution in [3.8, 4) is 5.75 Å². The third-order valence-corrected chi connectivity index (χ3v) is 4.23. The fourth-order valence-corrected chi connectivity index (χ4v) is 2.91. The number of rotatable bonds is 5. The minimum absolute atomic E-state index is 0.0208. The van der Waals surface area contributed by atoms with Gasteiger partial charge in [0.05, 0.1) is 16.5 Å². The molecule has 0 aliphatic rings. The standard InChI is InChI=1S/C14H15NO4S/c1-7(14(18)19)3-11(17)13-5-8-4-10(16)9(15-2)6-12(8)20-13/h4-7,15-16H,3H2,1-2H3,(H,18,19)/t7-/m0/s1. The molecule has 0 saturated carbocycles. The van der Waals surface area contributed by atoms with E-state index < -0.39 is 11.9 Å². The van der Waals surface area contributed by atoms with Crippen LogP contribution in [0.5, 0.6) is 5.75 Å². The van der Waals surface area contributed by atoms with Crippen molar-refractivity contribution in [1.29, 1.82) is 0 Å². The van der Waals surface area contributed by atoms with Crippen LogP contribution in [0.3, 0.4) is 0 Å². The van der Waals surface area contributed by atoms with Gasteiger partial charge in [-0.3, -0.25) is 9.59 Å². The SMILES string of the molecule is CNc1cc2sc(C(=O)C[C@H](C)C(=O)O)cc2cc1O. The lowest BCUT2D eigenvalue weighted by Gasteiger charge is -2.02. The predicted octanol–water partition coefficient (Wildman–Crippen LogP) is 2.94. The third kappa shape index (κ3) is 2.75. The Morgan fingerprint density at radius 2 is 2.05 bits per heavy atom.